The van der Waals surface area contributed by atoms with Crippen LogP contribution < -0.4 is 0 Å². The van der Waals surface area contributed by atoms with Gasteiger partial charge in [-0.25, -0.2) is 0 Å². The summed E-state index contributed by atoms with van der Waals surface area (Å²) >= 11 is 1.51. The number of fused-ring (bicyclic) bond motifs is 1. The van der Waals surface area contributed by atoms with E-state index in [9.17, 15) is 4.79 Å². The molecule has 0 radical (unpaired) electrons. The summed E-state index contributed by atoms with van der Waals surface area (Å²) in [6.07, 6.45) is 5.88. The van der Waals surface area contributed by atoms with Crippen molar-refractivity contribution in [2.24, 2.45) is 7.05 Å². The largest absolute Gasteiger partial charge is 0.309 e. The molecule has 2 aromatic rings. The van der Waals surface area contributed by atoms with E-state index in [2.05, 4.69) is 26.9 Å². The molecule has 1 aromatic carbocycles. The van der Waals surface area contributed by atoms with Crippen molar-refractivity contribution in [2.75, 3.05) is 0 Å². The van der Waals surface area contributed by atoms with Crippen LogP contribution in [0.1, 0.15) is 59.4 Å². The Kier molecular flexibility index (Phi) is 3.76. The Bertz CT molecular complexity index is 764. The number of rotatable bonds is 5. The molecule has 1 unspecified atom stereocenters. The van der Waals surface area contributed by atoms with Gasteiger partial charge in [0.1, 0.15) is 5.82 Å². The summed E-state index contributed by atoms with van der Waals surface area (Å²) in [5, 5.41) is 9.26. The third-order valence-electron chi connectivity index (χ3n) is 4.85. The average molecular weight is 327 g/mol. The lowest BCUT2D eigenvalue weighted by Gasteiger charge is -2.11. The van der Waals surface area contributed by atoms with E-state index in [1.165, 1.54) is 42.2 Å². The van der Waals surface area contributed by atoms with E-state index in [4.69, 9.17) is 0 Å². The van der Waals surface area contributed by atoms with Gasteiger partial charge in [0.2, 0.25) is 0 Å². The Morgan fingerprint density at radius 2 is 2.04 bits per heavy atom. The minimum absolute atomic E-state index is 0.149. The third-order valence-corrected chi connectivity index (χ3v) is 5.98. The Hall–Kier alpha value is -1.62. The van der Waals surface area contributed by atoms with Gasteiger partial charge in [0.05, 0.1) is 5.25 Å². The first-order chi connectivity index (χ1) is 11.1. The maximum absolute atomic E-state index is 12.7. The Morgan fingerprint density at radius 3 is 2.83 bits per heavy atom. The second kappa shape index (κ2) is 5.78. The number of ketones is 1. The number of hydrogen-bond donors (Lipinski definition) is 0. The summed E-state index contributed by atoms with van der Waals surface area (Å²) in [5.41, 5.74) is 3.59. The van der Waals surface area contributed by atoms with Crippen molar-refractivity contribution in [3.8, 4) is 0 Å². The summed E-state index contributed by atoms with van der Waals surface area (Å²) in [4.78, 5) is 12.7. The second-order valence-electron chi connectivity index (χ2n) is 6.64. The van der Waals surface area contributed by atoms with Gasteiger partial charge >= 0.3 is 0 Å². The quantitative estimate of drug-likeness (QED) is 0.622. The molecule has 0 saturated heterocycles. The van der Waals surface area contributed by atoms with Gasteiger partial charge in [-0.05, 0) is 56.2 Å². The van der Waals surface area contributed by atoms with E-state index in [1.807, 2.05) is 20.0 Å². The number of Topliss-reactive ketones (excluding diaryl/α,β-unsaturated/α-hetero) is 1. The molecule has 0 bridgehead atoms. The first kappa shape index (κ1) is 14.9. The fourth-order valence-electron chi connectivity index (χ4n) is 3.30. The van der Waals surface area contributed by atoms with E-state index in [0.29, 0.717) is 5.92 Å². The summed E-state index contributed by atoms with van der Waals surface area (Å²) in [7, 11) is 2.00. The van der Waals surface area contributed by atoms with E-state index in [0.717, 1.165) is 29.4 Å². The van der Waals surface area contributed by atoms with Crippen LogP contribution in [0.15, 0.2) is 23.4 Å². The molecule has 120 valence electrons. The summed E-state index contributed by atoms with van der Waals surface area (Å²) in [6, 6.07) is 6.20. The molecule has 0 N–H and O–H groups in total. The molecule has 5 heteroatoms. The fraction of sp³-hybridized carbons (Fsp3) is 0.500. The minimum Gasteiger partial charge on any atom is -0.309 e. The SMILES string of the molecule is CC(Sc1nnc(C2CC2)n1C)C(=O)c1ccc2c(c1)CCC2. The molecule has 2 aliphatic rings. The molecule has 1 heterocycles. The summed E-state index contributed by atoms with van der Waals surface area (Å²) < 4.78 is 2.05. The molecular weight excluding hydrogens is 306 g/mol. The van der Waals surface area contributed by atoms with Crippen molar-refractivity contribution in [1.82, 2.24) is 14.8 Å². The van der Waals surface area contributed by atoms with E-state index in [-0.39, 0.29) is 11.0 Å². The molecule has 0 spiro atoms. The highest BCUT2D eigenvalue weighted by molar-refractivity contribution is 8.00. The van der Waals surface area contributed by atoms with Crippen LogP contribution in [0.4, 0.5) is 0 Å². The second-order valence-corrected chi connectivity index (χ2v) is 7.94. The highest BCUT2D eigenvalue weighted by atomic mass is 32.2. The van der Waals surface area contributed by atoms with Crippen molar-refractivity contribution < 1.29 is 4.79 Å². The lowest BCUT2D eigenvalue weighted by molar-refractivity contribution is 0.0993. The normalized spacial score (nSPS) is 18.0. The van der Waals surface area contributed by atoms with Gasteiger partial charge in [-0.1, -0.05) is 23.9 Å². The van der Waals surface area contributed by atoms with E-state index >= 15 is 0 Å². The minimum atomic E-state index is -0.149. The monoisotopic (exact) mass is 327 g/mol. The van der Waals surface area contributed by atoms with Crippen molar-refractivity contribution >= 4 is 17.5 Å². The number of thioether (sulfide) groups is 1. The summed E-state index contributed by atoms with van der Waals surface area (Å²) in [5.74, 6) is 1.81. The van der Waals surface area contributed by atoms with Gasteiger partial charge in [0.25, 0.3) is 0 Å². The van der Waals surface area contributed by atoms with Gasteiger partial charge < -0.3 is 4.57 Å². The topological polar surface area (TPSA) is 47.8 Å². The number of hydrogen-bond acceptors (Lipinski definition) is 4. The van der Waals surface area contributed by atoms with Gasteiger partial charge in [-0.15, -0.1) is 10.2 Å². The first-order valence-corrected chi connectivity index (χ1v) is 9.23. The van der Waals surface area contributed by atoms with Crippen LogP contribution in [-0.4, -0.2) is 25.8 Å². The number of benzene rings is 1. The standard InChI is InChI=1S/C18H21N3OS/c1-11(23-18-20-19-17(21(18)2)13-7-8-13)16(22)15-9-6-12-4-3-5-14(12)10-15/h6,9-11,13H,3-5,7-8H2,1-2H3. The molecule has 0 aliphatic heterocycles. The molecular formula is C18H21N3OS. The van der Waals surface area contributed by atoms with Crippen molar-refractivity contribution in [2.45, 2.75) is 55.4 Å². The number of aromatic nitrogens is 3. The maximum Gasteiger partial charge on any atom is 0.191 e. The Labute approximate surface area is 140 Å². The predicted octanol–water partition coefficient (Wildman–Crippen LogP) is 3.54. The Morgan fingerprint density at radius 1 is 1.26 bits per heavy atom. The molecule has 1 aromatic heterocycles. The van der Waals surface area contributed by atoms with E-state index < -0.39 is 0 Å². The van der Waals surface area contributed by atoms with E-state index in [1.54, 1.807) is 0 Å². The van der Waals surface area contributed by atoms with Gasteiger partial charge in [0.15, 0.2) is 10.9 Å². The molecule has 2 aliphatic carbocycles. The van der Waals surface area contributed by atoms with Gasteiger partial charge in [0, 0.05) is 18.5 Å². The Balaban J connectivity index is 1.50. The van der Waals surface area contributed by atoms with Crippen molar-refractivity contribution in [3.63, 3.8) is 0 Å². The zero-order chi connectivity index (χ0) is 16.0. The maximum atomic E-state index is 12.7. The van der Waals surface area contributed by atoms with Crippen LogP contribution in [-0.2, 0) is 19.9 Å². The summed E-state index contributed by atoms with van der Waals surface area (Å²) in [6.45, 7) is 1.96. The predicted molar refractivity (Wildman–Crippen MR) is 91.1 cm³/mol. The molecule has 1 saturated carbocycles. The highest BCUT2D eigenvalue weighted by Crippen LogP contribution is 2.40. The van der Waals surface area contributed by atoms with Crippen molar-refractivity contribution in [3.05, 3.63) is 40.7 Å². The third kappa shape index (κ3) is 2.82. The van der Waals surface area contributed by atoms with Crippen LogP contribution in [0.5, 0.6) is 0 Å². The number of aryl methyl sites for hydroxylation is 2. The lowest BCUT2D eigenvalue weighted by Crippen LogP contribution is -2.15. The lowest BCUT2D eigenvalue weighted by atomic mass is 10.0. The average Bonchev–Trinajstić information content (AvgIpc) is 3.18. The highest BCUT2D eigenvalue weighted by Gasteiger charge is 2.30. The molecule has 23 heavy (non-hydrogen) atoms. The smallest absolute Gasteiger partial charge is 0.191 e. The molecule has 1 atom stereocenters. The fourth-order valence-corrected chi connectivity index (χ4v) is 4.20. The molecule has 0 amide bonds. The number of carbonyl (C=O) groups is 1. The zero-order valence-corrected chi connectivity index (χ0v) is 14.4. The molecule has 4 rings (SSSR count). The molecule has 4 nitrogen and oxygen atoms in total. The zero-order valence-electron chi connectivity index (χ0n) is 13.6. The van der Waals surface area contributed by atoms with Crippen molar-refractivity contribution in [1.29, 1.82) is 0 Å². The van der Waals surface area contributed by atoms with Crippen LogP contribution >= 0.6 is 11.8 Å². The van der Waals surface area contributed by atoms with Crippen LogP contribution in [0.2, 0.25) is 0 Å². The van der Waals surface area contributed by atoms with Gasteiger partial charge in [-0.3, -0.25) is 4.79 Å². The van der Waals surface area contributed by atoms with Crippen LogP contribution in [0.3, 0.4) is 0 Å². The van der Waals surface area contributed by atoms with Crippen LogP contribution in [0, 0.1) is 0 Å². The number of carbonyl (C=O) groups excluding carboxylic acids is 1. The van der Waals surface area contributed by atoms with Gasteiger partial charge in [-0.2, -0.15) is 0 Å². The van der Waals surface area contributed by atoms with Crippen LogP contribution in [0.25, 0.3) is 0 Å². The first-order valence-electron chi connectivity index (χ1n) is 8.35. The molecule has 1 fully saturated rings. The number of nitrogens with zero attached hydrogens (tertiary/aromatic N) is 3.